The van der Waals surface area contributed by atoms with Gasteiger partial charge in [-0.2, -0.15) is 0 Å². The number of rotatable bonds is 9. The molecule has 0 fully saturated rings. The molecule has 109 heavy (non-hydrogen) atoms. The second-order valence-corrected chi connectivity index (χ2v) is 31.1. The Morgan fingerprint density at radius 1 is 0.385 bits per heavy atom. The molecule has 4 atom stereocenters. The number of pyridine rings is 1. The van der Waals surface area contributed by atoms with Gasteiger partial charge in [0.1, 0.15) is 28.5 Å². The van der Waals surface area contributed by atoms with Crippen LogP contribution in [0.5, 0.6) is 17.2 Å². The topological polar surface area (TPSA) is 109 Å². The van der Waals surface area contributed by atoms with Gasteiger partial charge in [0.05, 0.1) is 10.8 Å². The van der Waals surface area contributed by atoms with Crippen molar-refractivity contribution in [3.8, 4) is 119 Å². The van der Waals surface area contributed by atoms with E-state index in [0.717, 1.165) is 102 Å². The van der Waals surface area contributed by atoms with Crippen LogP contribution >= 0.6 is 11.3 Å². The molecule has 0 amide bonds. The number of hydrogen-bond donors (Lipinski definition) is 0. The van der Waals surface area contributed by atoms with Gasteiger partial charge in [0.15, 0.2) is 34.9 Å². The molecule has 2 aliphatic heterocycles. The minimum Gasteiger partial charge on any atom is -0.482 e. The first kappa shape index (κ1) is 63.2. The Balaban J connectivity index is 0.615. The number of hydrogen-bond acceptors (Lipinski definition) is 10. The van der Waals surface area contributed by atoms with Crippen LogP contribution in [0, 0.1) is 5.41 Å². The van der Waals surface area contributed by atoms with E-state index in [2.05, 4.69) is 292 Å². The Morgan fingerprint density at radius 2 is 0.899 bits per heavy atom. The van der Waals surface area contributed by atoms with E-state index in [1.165, 1.54) is 64.7 Å². The van der Waals surface area contributed by atoms with Crippen LogP contribution in [-0.2, 0) is 10.8 Å². The lowest BCUT2D eigenvalue weighted by Crippen LogP contribution is -2.56. The van der Waals surface area contributed by atoms with Crippen molar-refractivity contribution >= 4 is 37.1 Å². The molecule has 0 radical (unpaired) electrons. The van der Waals surface area contributed by atoms with Crippen LogP contribution in [0.2, 0.25) is 0 Å². The van der Waals surface area contributed by atoms with Crippen molar-refractivity contribution in [2.45, 2.75) is 55.5 Å². The molecular formula is C99H67N7O2S. The summed E-state index contributed by atoms with van der Waals surface area (Å²) in [6.07, 6.45) is 14.4. The number of aromatic nitrogens is 7. The predicted octanol–water partition coefficient (Wildman–Crippen LogP) is 23.9. The van der Waals surface area contributed by atoms with Crippen LogP contribution in [0.15, 0.2) is 333 Å². The van der Waals surface area contributed by atoms with E-state index >= 15 is 0 Å². The third-order valence-corrected chi connectivity index (χ3v) is 25.3. The summed E-state index contributed by atoms with van der Waals surface area (Å²) < 4.78 is 17.0. The zero-order chi connectivity index (χ0) is 72.2. The maximum atomic E-state index is 7.61. The fourth-order valence-electron chi connectivity index (χ4n) is 19.2. The second-order valence-electron chi connectivity index (χ2n) is 30.0. The quantitative estimate of drug-likeness (QED) is 0.131. The zero-order valence-electron chi connectivity index (χ0n) is 59.7. The van der Waals surface area contributed by atoms with Crippen LogP contribution in [0.3, 0.4) is 0 Å². The third-order valence-electron chi connectivity index (χ3n) is 24.2. The molecule has 4 unspecified atom stereocenters. The molecule has 0 bridgehead atoms. The van der Waals surface area contributed by atoms with Crippen molar-refractivity contribution in [2.24, 2.45) is 5.41 Å². The lowest BCUT2D eigenvalue weighted by Gasteiger charge is -2.57. The van der Waals surface area contributed by atoms with Gasteiger partial charge in [0.25, 0.3) is 0 Å². The van der Waals surface area contributed by atoms with Gasteiger partial charge in [-0.3, -0.25) is 4.98 Å². The Bertz CT molecular complexity index is 6460. The van der Waals surface area contributed by atoms with E-state index in [1.807, 2.05) is 48.5 Å². The number of nitrogens with zero attached hydrogens (tertiary/aromatic N) is 7. The maximum absolute atomic E-state index is 7.61. The van der Waals surface area contributed by atoms with Gasteiger partial charge in [0, 0.05) is 82.7 Å². The standard InChI is InChI=1S/C99H67N7O2S/c1-96-53-18-16-26-76(96)75-25-8-12-29-79(75)99(96)82-51-48-68(61-36-42-66(43-37-61)93-101-90(63-20-4-3-5-21-63)105-95(106-93)83-31-17-19-55-100-83)57-86(82)108-97(2)54-52-69(59-89(97)99)62-38-44-65(45-39-62)92-102-91(103-94(104-92)70-46-49-74-73-24-9-15-33-87(73)109-88(74)58-70)64-40-34-60(35-41-64)67-47-50-81-85(56-67)107-84-32-14-13-30-80(84)98(81)77-27-10-6-22-71(77)72-23-7-11-28-78(72)98/h3-15,17-25,27-53,55-59,76H,16,26,54H2,1-2H3. The van der Waals surface area contributed by atoms with Gasteiger partial charge in [-0.15, -0.1) is 11.3 Å². The van der Waals surface area contributed by atoms with Crippen LogP contribution in [0.1, 0.15) is 83.5 Å². The van der Waals surface area contributed by atoms with E-state index in [4.69, 9.17) is 39.4 Å². The SMILES string of the molecule is CC12CC=C(c3ccc(-c4nc(-c5ccc(-c6ccc7c(c6)Oc6ccccc6C76c7ccccc7-c7ccccc76)cc5)nc(-c5ccc6c(c5)sc5ccccc56)n4)cc3)C=C1C1(c3ccc(-c4ccc(-c5nc(-c6ccccc6)nc(-c6ccccn6)n5)cc4)cc3O2)c2ccccc2C2CCC=CC21C. The fourth-order valence-corrected chi connectivity index (χ4v) is 20.3. The third kappa shape index (κ3) is 9.53. The minimum absolute atomic E-state index is 0.300. The normalized spacial score (nSPS) is 19.1. The summed E-state index contributed by atoms with van der Waals surface area (Å²) in [5.41, 5.74) is 22.2. The van der Waals surface area contributed by atoms with Gasteiger partial charge in [-0.05, 0) is 140 Å². The highest BCUT2D eigenvalue weighted by Gasteiger charge is 2.67. The molecule has 4 aliphatic carbocycles. The van der Waals surface area contributed by atoms with Gasteiger partial charge in [0.2, 0.25) is 0 Å². The summed E-state index contributed by atoms with van der Waals surface area (Å²) in [6.45, 7) is 4.84. The van der Waals surface area contributed by atoms with E-state index in [0.29, 0.717) is 53.0 Å². The number of benzene rings is 12. The summed E-state index contributed by atoms with van der Waals surface area (Å²) in [5, 5.41) is 2.47. The first-order chi connectivity index (χ1) is 53.7. The minimum atomic E-state index is -0.689. The zero-order valence-corrected chi connectivity index (χ0v) is 60.5. The van der Waals surface area contributed by atoms with Gasteiger partial charge in [-0.1, -0.05) is 286 Å². The molecule has 22 rings (SSSR count). The van der Waals surface area contributed by atoms with Gasteiger partial charge >= 0.3 is 0 Å². The van der Waals surface area contributed by atoms with Crippen molar-refractivity contribution < 1.29 is 9.47 Å². The van der Waals surface area contributed by atoms with Crippen LogP contribution in [0.4, 0.5) is 0 Å². The Labute approximate surface area is 635 Å². The van der Waals surface area contributed by atoms with E-state index in [-0.39, 0.29) is 5.41 Å². The van der Waals surface area contributed by atoms with Gasteiger partial charge in [-0.25, -0.2) is 29.9 Å². The number of allylic oxidation sites excluding steroid dienone is 4. The van der Waals surface area contributed by atoms with Crippen molar-refractivity contribution in [3.63, 3.8) is 0 Å². The average Bonchev–Trinajstić information content (AvgIpc) is 1.63. The Hall–Kier alpha value is -13.2. The molecule has 0 N–H and O–H groups in total. The summed E-state index contributed by atoms with van der Waals surface area (Å²) in [6, 6.07) is 106. The van der Waals surface area contributed by atoms with E-state index in [1.54, 1.807) is 17.5 Å². The summed E-state index contributed by atoms with van der Waals surface area (Å²) in [4.78, 5) is 35.6. The largest absolute Gasteiger partial charge is 0.482 e. The van der Waals surface area contributed by atoms with Crippen molar-refractivity contribution in [2.75, 3.05) is 0 Å². The van der Waals surface area contributed by atoms with Crippen LogP contribution in [0.25, 0.3) is 128 Å². The molecule has 0 saturated heterocycles. The molecular weight excluding hydrogens is 1350 g/mol. The molecule has 4 aromatic heterocycles. The molecule has 6 heterocycles. The van der Waals surface area contributed by atoms with Crippen molar-refractivity contribution in [1.82, 2.24) is 34.9 Å². The monoisotopic (exact) mass is 1420 g/mol. The van der Waals surface area contributed by atoms with E-state index in [9.17, 15) is 0 Å². The average molecular weight is 1420 g/mol. The first-order valence-corrected chi connectivity index (χ1v) is 38.4. The van der Waals surface area contributed by atoms with Gasteiger partial charge < -0.3 is 9.47 Å². The maximum Gasteiger partial charge on any atom is 0.182 e. The number of para-hydroxylation sites is 1. The van der Waals surface area contributed by atoms with Crippen LogP contribution < -0.4 is 9.47 Å². The summed E-state index contributed by atoms with van der Waals surface area (Å²) in [7, 11) is 0. The molecule has 9 nitrogen and oxygen atoms in total. The molecule has 10 heteroatoms. The molecule has 0 saturated carbocycles. The predicted molar refractivity (Wildman–Crippen MR) is 437 cm³/mol. The molecule has 516 valence electrons. The fraction of sp³-hybridized carbons (Fsp3) is 0.101. The molecule has 2 spiro atoms. The Kier molecular flexibility index (Phi) is 14.0. The summed E-state index contributed by atoms with van der Waals surface area (Å²) >= 11 is 1.79. The first-order valence-electron chi connectivity index (χ1n) is 37.5. The Morgan fingerprint density at radius 3 is 1.58 bits per heavy atom. The lowest BCUT2D eigenvalue weighted by molar-refractivity contribution is 0.0716. The highest BCUT2D eigenvalue weighted by molar-refractivity contribution is 7.25. The highest BCUT2D eigenvalue weighted by atomic mass is 32.1. The summed E-state index contributed by atoms with van der Waals surface area (Å²) in [5.74, 6) is 6.42. The lowest BCUT2D eigenvalue weighted by atomic mass is 9.49. The molecule has 16 aromatic rings. The number of ether oxygens (including phenoxy) is 2. The highest BCUT2D eigenvalue weighted by Crippen LogP contribution is 2.73. The van der Waals surface area contributed by atoms with E-state index < -0.39 is 16.4 Å². The number of thiophene rings is 1. The van der Waals surface area contributed by atoms with Crippen LogP contribution in [-0.4, -0.2) is 40.5 Å². The molecule has 12 aromatic carbocycles. The van der Waals surface area contributed by atoms with Crippen molar-refractivity contribution in [3.05, 3.63) is 378 Å². The van der Waals surface area contributed by atoms with Crippen molar-refractivity contribution in [1.29, 1.82) is 0 Å². The second kappa shape index (κ2) is 24.2. The number of fused-ring (bicyclic) bond motifs is 21. The molecule has 6 aliphatic rings. The smallest absolute Gasteiger partial charge is 0.182 e.